The van der Waals surface area contributed by atoms with Crippen LogP contribution in [-0.4, -0.2) is 13.2 Å². The summed E-state index contributed by atoms with van der Waals surface area (Å²) in [6, 6.07) is 6.41. The molecule has 1 saturated heterocycles. The van der Waals surface area contributed by atoms with Crippen LogP contribution in [0.25, 0.3) is 0 Å². The monoisotopic (exact) mass is 206 g/mol. The maximum Gasteiger partial charge on any atom is 0.194 e. The molecule has 0 unspecified atom stereocenters. The van der Waals surface area contributed by atoms with Gasteiger partial charge in [0, 0.05) is 12.0 Å². The Hall–Kier alpha value is -0.860. The van der Waals surface area contributed by atoms with Gasteiger partial charge in [0.15, 0.2) is 5.79 Å². The lowest BCUT2D eigenvalue weighted by Gasteiger charge is -2.26. The molecule has 0 atom stereocenters. The van der Waals surface area contributed by atoms with Crippen LogP contribution < -0.4 is 0 Å². The van der Waals surface area contributed by atoms with Gasteiger partial charge in [0.2, 0.25) is 0 Å². The molecule has 0 bridgehead atoms. The van der Waals surface area contributed by atoms with E-state index in [2.05, 4.69) is 39.0 Å². The minimum atomic E-state index is -0.488. The second kappa shape index (κ2) is 3.95. The van der Waals surface area contributed by atoms with Gasteiger partial charge in [-0.2, -0.15) is 0 Å². The van der Waals surface area contributed by atoms with Crippen molar-refractivity contribution in [1.29, 1.82) is 0 Å². The molecule has 2 rings (SSSR count). The maximum absolute atomic E-state index is 5.75. The molecule has 0 N–H and O–H groups in total. The largest absolute Gasteiger partial charge is 0.343 e. The lowest BCUT2D eigenvalue weighted by molar-refractivity contribution is -0.167. The first-order valence-corrected chi connectivity index (χ1v) is 5.53. The molecule has 0 amide bonds. The van der Waals surface area contributed by atoms with E-state index in [0.29, 0.717) is 13.2 Å². The predicted octanol–water partition coefficient (Wildman–Crippen LogP) is 2.91. The number of benzene rings is 1. The van der Waals surface area contributed by atoms with Crippen LogP contribution in [0, 0.1) is 13.8 Å². The zero-order valence-corrected chi connectivity index (χ0v) is 9.67. The van der Waals surface area contributed by atoms with Crippen LogP contribution in [0.5, 0.6) is 0 Å². The smallest absolute Gasteiger partial charge is 0.194 e. The molecule has 0 aromatic heterocycles. The van der Waals surface area contributed by atoms with Crippen molar-refractivity contribution in [2.45, 2.75) is 33.0 Å². The molecular formula is C13H18O2. The summed E-state index contributed by atoms with van der Waals surface area (Å²) in [4.78, 5) is 0. The molecule has 0 radical (unpaired) electrons. The van der Waals surface area contributed by atoms with E-state index >= 15 is 0 Å². The topological polar surface area (TPSA) is 18.5 Å². The Morgan fingerprint density at radius 1 is 1.13 bits per heavy atom. The SMILES string of the molecule is CCC1(c2ccc(C)c(C)c2)OCCO1. The molecule has 15 heavy (non-hydrogen) atoms. The van der Waals surface area contributed by atoms with E-state index in [1.807, 2.05) is 0 Å². The highest BCUT2D eigenvalue weighted by Crippen LogP contribution is 2.35. The minimum absolute atomic E-state index is 0.488. The lowest BCUT2D eigenvalue weighted by Crippen LogP contribution is -2.26. The van der Waals surface area contributed by atoms with Crippen LogP contribution in [0.1, 0.15) is 30.0 Å². The van der Waals surface area contributed by atoms with Crippen molar-refractivity contribution in [1.82, 2.24) is 0 Å². The van der Waals surface area contributed by atoms with Crippen LogP contribution in [0.2, 0.25) is 0 Å². The molecule has 82 valence electrons. The summed E-state index contributed by atoms with van der Waals surface area (Å²) in [5, 5.41) is 0. The van der Waals surface area contributed by atoms with E-state index in [0.717, 1.165) is 12.0 Å². The first-order chi connectivity index (χ1) is 7.18. The van der Waals surface area contributed by atoms with Gasteiger partial charge in [-0.1, -0.05) is 25.1 Å². The van der Waals surface area contributed by atoms with Gasteiger partial charge in [-0.3, -0.25) is 0 Å². The second-order valence-corrected chi connectivity index (χ2v) is 4.10. The summed E-state index contributed by atoms with van der Waals surface area (Å²) in [5.74, 6) is -0.488. The molecule has 1 aromatic rings. The molecule has 2 nitrogen and oxygen atoms in total. The zero-order chi connectivity index (χ0) is 10.9. The average Bonchev–Trinajstić information content (AvgIpc) is 2.72. The van der Waals surface area contributed by atoms with E-state index in [1.54, 1.807) is 0 Å². The summed E-state index contributed by atoms with van der Waals surface area (Å²) < 4.78 is 11.5. The second-order valence-electron chi connectivity index (χ2n) is 4.10. The van der Waals surface area contributed by atoms with Crippen LogP contribution in [0.3, 0.4) is 0 Å². The number of hydrogen-bond donors (Lipinski definition) is 0. The fourth-order valence-electron chi connectivity index (χ4n) is 2.01. The third-order valence-corrected chi connectivity index (χ3v) is 3.17. The Morgan fingerprint density at radius 2 is 1.80 bits per heavy atom. The minimum Gasteiger partial charge on any atom is -0.343 e. The summed E-state index contributed by atoms with van der Waals surface area (Å²) >= 11 is 0. The van der Waals surface area contributed by atoms with Gasteiger partial charge in [-0.05, 0) is 25.0 Å². The molecule has 0 spiro atoms. The first-order valence-electron chi connectivity index (χ1n) is 5.53. The van der Waals surface area contributed by atoms with Crippen molar-refractivity contribution < 1.29 is 9.47 Å². The molecule has 2 heteroatoms. The molecule has 1 fully saturated rings. The van der Waals surface area contributed by atoms with E-state index in [1.165, 1.54) is 11.1 Å². The Balaban J connectivity index is 2.38. The van der Waals surface area contributed by atoms with Gasteiger partial charge in [0.1, 0.15) is 0 Å². The molecule has 0 aliphatic carbocycles. The van der Waals surface area contributed by atoms with Crippen molar-refractivity contribution in [2.75, 3.05) is 13.2 Å². The summed E-state index contributed by atoms with van der Waals surface area (Å²) in [6.45, 7) is 7.73. The number of aryl methyl sites for hydroxylation is 2. The maximum atomic E-state index is 5.75. The standard InChI is InChI=1S/C13H18O2/c1-4-13(14-7-8-15-13)12-6-5-10(2)11(3)9-12/h5-6,9H,4,7-8H2,1-3H3. The number of ether oxygens (including phenoxy) is 2. The molecule has 1 aliphatic rings. The highest BCUT2D eigenvalue weighted by atomic mass is 16.7. The van der Waals surface area contributed by atoms with E-state index < -0.39 is 5.79 Å². The molecular weight excluding hydrogens is 188 g/mol. The average molecular weight is 206 g/mol. The third-order valence-electron chi connectivity index (χ3n) is 3.17. The highest BCUT2D eigenvalue weighted by molar-refractivity contribution is 5.32. The summed E-state index contributed by atoms with van der Waals surface area (Å²) in [7, 11) is 0. The van der Waals surface area contributed by atoms with Crippen LogP contribution >= 0.6 is 0 Å². The van der Waals surface area contributed by atoms with Crippen molar-refractivity contribution in [3.8, 4) is 0 Å². The van der Waals surface area contributed by atoms with E-state index in [9.17, 15) is 0 Å². The third kappa shape index (κ3) is 1.80. The Labute approximate surface area is 91.2 Å². The van der Waals surface area contributed by atoms with Crippen molar-refractivity contribution in [3.63, 3.8) is 0 Å². The molecule has 1 aromatic carbocycles. The highest BCUT2D eigenvalue weighted by Gasteiger charge is 2.36. The Morgan fingerprint density at radius 3 is 2.33 bits per heavy atom. The van der Waals surface area contributed by atoms with Crippen LogP contribution in [0.4, 0.5) is 0 Å². The van der Waals surface area contributed by atoms with E-state index in [-0.39, 0.29) is 0 Å². The van der Waals surface area contributed by atoms with Gasteiger partial charge in [-0.15, -0.1) is 0 Å². The molecule has 0 saturated carbocycles. The quantitative estimate of drug-likeness (QED) is 0.740. The van der Waals surface area contributed by atoms with Crippen molar-refractivity contribution >= 4 is 0 Å². The fourth-order valence-corrected chi connectivity index (χ4v) is 2.01. The molecule has 1 heterocycles. The fraction of sp³-hybridized carbons (Fsp3) is 0.538. The van der Waals surface area contributed by atoms with Crippen molar-refractivity contribution in [2.24, 2.45) is 0 Å². The summed E-state index contributed by atoms with van der Waals surface area (Å²) in [6.07, 6.45) is 0.857. The predicted molar refractivity (Wildman–Crippen MR) is 59.8 cm³/mol. The number of hydrogen-bond acceptors (Lipinski definition) is 2. The van der Waals surface area contributed by atoms with Crippen molar-refractivity contribution in [3.05, 3.63) is 34.9 Å². The lowest BCUT2D eigenvalue weighted by atomic mass is 9.98. The Bertz CT molecular complexity index is 352. The van der Waals surface area contributed by atoms with Gasteiger partial charge in [0.05, 0.1) is 13.2 Å². The van der Waals surface area contributed by atoms with Gasteiger partial charge in [-0.25, -0.2) is 0 Å². The van der Waals surface area contributed by atoms with Gasteiger partial charge >= 0.3 is 0 Å². The van der Waals surface area contributed by atoms with Gasteiger partial charge < -0.3 is 9.47 Å². The normalized spacial score (nSPS) is 19.4. The number of rotatable bonds is 2. The van der Waals surface area contributed by atoms with Crippen LogP contribution in [-0.2, 0) is 15.3 Å². The van der Waals surface area contributed by atoms with Crippen LogP contribution in [0.15, 0.2) is 18.2 Å². The van der Waals surface area contributed by atoms with Gasteiger partial charge in [0.25, 0.3) is 0 Å². The Kier molecular flexibility index (Phi) is 2.81. The molecule has 1 aliphatic heterocycles. The zero-order valence-electron chi connectivity index (χ0n) is 9.67. The van der Waals surface area contributed by atoms with E-state index in [4.69, 9.17) is 9.47 Å². The summed E-state index contributed by atoms with van der Waals surface area (Å²) in [5.41, 5.74) is 3.74. The first kappa shape index (κ1) is 10.7.